The summed E-state index contributed by atoms with van der Waals surface area (Å²) in [5.41, 5.74) is 4.45. The van der Waals surface area contributed by atoms with Gasteiger partial charge in [-0.05, 0) is 91.3 Å². The highest BCUT2D eigenvalue weighted by Crippen LogP contribution is 2.30. The Balaban J connectivity index is 2.26. The van der Waals surface area contributed by atoms with Gasteiger partial charge < -0.3 is 9.33 Å². The maximum Gasteiger partial charge on any atom is 0.205 e. The van der Waals surface area contributed by atoms with E-state index in [9.17, 15) is 0 Å². The third-order valence-corrected chi connectivity index (χ3v) is 6.32. The Labute approximate surface area is 181 Å². The largest absolute Gasteiger partial charge is 0.413 e. The third kappa shape index (κ3) is 7.23. The number of nitrogens with zero attached hydrogens (tertiary/aromatic N) is 1. The zero-order chi connectivity index (χ0) is 21.4. The van der Waals surface area contributed by atoms with Gasteiger partial charge in [-0.3, -0.25) is 0 Å². The van der Waals surface area contributed by atoms with Crippen LogP contribution in [0, 0.1) is 0 Å². The van der Waals surface area contributed by atoms with E-state index in [4.69, 9.17) is 4.43 Å². The number of hydrogen-bond donors (Lipinski definition) is 0. The number of fused-ring (bicyclic) bond motifs is 1. The number of benzene rings is 2. The Kier molecular flexibility index (Phi) is 9.38. The summed E-state index contributed by atoms with van der Waals surface area (Å²) < 4.78 is 6.17. The molecule has 0 spiro atoms. The molecule has 0 aliphatic carbocycles. The topological polar surface area (TPSA) is 12.5 Å². The van der Waals surface area contributed by atoms with Gasteiger partial charge in [0.1, 0.15) is 0 Å². The highest BCUT2D eigenvalue weighted by molar-refractivity contribution is 6.48. The van der Waals surface area contributed by atoms with Crippen LogP contribution < -0.4 is 0 Å². The first-order valence-electron chi connectivity index (χ1n) is 11.5. The Morgan fingerprint density at radius 3 is 2.21 bits per heavy atom. The lowest BCUT2D eigenvalue weighted by atomic mass is 9.85. The van der Waals surface area contributed by atoms with Crippen LogP contribution in [0.1, 0.15) is 70.6 Å². The van der Waals surface area contributed by atoms with Gasteiger partial charge in [0.2, 0.25) is 9.04 Å². The maximum absolute atomic E-state index is 6.17. The lowest BCUT2D eigenvalue weighted by Crippen LogP contribution is -2.27. The van der Waals surface area contributed by atoms with E-state index in [1.165, 1.54) is 66.4 Å². The van der Waals surface area contributed by atoms with Crippen molar-refractivity contribution in [1.82, 2.24) is 4.90 Å². The predicted octanol–water partition coefficient (Wildman–Crippen LogP) is 6.96. The van der Waals surface area contributed by atoms with Crippen LogP contribution in [0.5, 0.6) is 0 Å². The molecule has 2 aromatic carbocycles. The van der Waals surface area contributed by atoms with Crippen molar-refractivity contribution in [1.29, 1.82) is 0 Å². The number of hydrogen-bond acceptors (Lipinski definition) is 2. The summed E-state index contributed by atoms with van der Waals surface area (Å²) in [6.07, 6.45) is 4.83. The molecule has 2 aromatic rings. The van der Waals surface area contributed by atoms with Crippen molar-refractivity contribution in [2.24, 2.45) is 0 Å². The van der Waals surface area contributed by atoms with E-state index in [2.05, 4.69) is 82.9 Å². The lowest BCUT2D eigenvalue weighted by Gasteiger charge is -2.22. The second kappa shape index (κ2) is 11.3. The summed E-state index contributed by atoms with van der Waals surface area (Å²) in [5.74, 6) is 0. The molecule has 3 heteroatoms. The molecular weight excluding hydrogens is 370 g/mol. The molecule has 0 fully saturated rings. The van der Waals surface area contributed by atoms with Crippen molar-refractivity contribution < 1.29 is 4.43 Å². The van der Waals surface area contributed by atoms with Crippen LogP contribution in [0.15, 0.2) is 30.3 Å². The smallest absolute Gasteiger partial charge is 0.205 e. The monoisotopic (exact) mass is 412 g/mol. The third-order valence-electron chi connectivity index (χ3n) is 5.60. The molecule has 2 nitrogen and oxygen atoms in total. The number of rotatable bonds is 11. The van der Waals surface area contributed by atoms with E-state index >= 15 is 0 Å². The maximum atomic E-state index is 6.17. The molecule has 0 amide bonds. The van der Waals surface area contributed by atoms with Gasteiger partial charge in [0.25, 0.3) is 0 Å². The van der Waals surface area contributed by atoms with E-state index in [1.807, 2.05) is 0 Å². The van der Waals surface area contributed by atoms with Crippen LogP contribution in [-0.4, -0.2) is 33.6 Å². The summed E-state index contributed by atoms with van der Waals surface area (Å²) in [6, 6.07) is 11.7. The van der Waals surface area contributed by atoms with Gasteiger partial charge in [-0.2, -0.15) is 0 Å². The molecule has 0 saturated heterocycles. The van der Waals surface area contributed by atoms with E-state index in [0.29, 0.717) is 0 Å². The Bertz CT molecular complexity index is 757. The van der Waals surface area contributed by atoms with Gasteiger partial charge in [-0.1, -0.05) is 65.0 Å². The molecule has 0 saturated carbocycles. The molecular formula is C26H42NOSi. The van der Waals surface area contributed by atoms with Crippen LogP contribution in [0.4, 0.5) is 0 Å². The van der Waals surface area contributed by atoms with E-state index < -0.39 is 9.04 Å². The van der Waals surface area contributed by atoms with Gasteiger partial charge in [0, 0.05) is 0 Å². The van der Waals surface area contributed by atoms with Gasteiger partial charge in [0.15, 0.2) is 0 Å². The first-order valence-corrected chi connectivity index (χ1v) is 13.9. The van der Waals surface area contributed by atoms with E-state index in [-0.39, 0.29) is 5.41 Å². The molecule has 0 heterocycles. The standard InChI is InChI=1S/C26H42NOSi/c1-8-16-27(17-9-2)18-10-11-21-12-13-22-19-23(26(3,4)5)14-15-24(22)25(21)20-28-29(6)7/h12-15,19H,8-11,16-18,20H2,1-7H3. The van der Waals surface area contributed by atoms with Crippen LogP contribution in [0.2, 0.25) is 13.1 Å². The zero-order valence-corrected chi connectivity index (χ0v) is 20.9. The van der Waals surface area contributed by atoms with Crippen LogP contribution in [0.3, 0.4) is 0 Å². The van der Waals surface area contributed by atoms with Crippen molar-refractivity contribution in [2.45, 2.75) is 85.4 Å². The van der Waals surface area contributed by atoms with E-state index in [0.717, 1.165) is 13.0 Å². The van der Waals surface area contributed by atoms with Gasteiger partial charge in [0.05, 0.1) is 6.61 Å². The molecule has 0 unspecified atom stereocenters. The Hall–Kier alpha value is -1.16. The van der Waals surface area contributed by atoms with Crippen molar-refractivity contribution >= 4 is 19.8 Å². The lowest BCUT2D eigenvalue weighted by molar-refractivity contribution is 0.271. The number of aryl methyl sites for hydroxylation is 1. The molecule has 0 aromatic heterocycles. The minimum Gasteiger partial charge on any atom is -0.413 e. The molecule has 29 heavy (non-hydrogen) atoms. The Morgan fingerprint density at radius 1 is 0.931 bits per heavy atom. The fourth-order valence-electron chi connectivity index (χ4n) is 3.99. The molecule has 0 bridgehead atoms. The molecule has 1 radical (unpaired) electrons. The second-order valence-electron chi connectivity index (χ2n) is 9.53. The molecule has 161 valence electrons. The summed E-state index contributed by atoms with van der Waals surface area (Å²) in [4.78, 5) is 2.62. The molecule has 0 aliphatic heterocycles. The summed E-state index contributed by atoms with van der Waals surface area (Å²) in [7, 11) is -0.704. The molecule has 2 rings (SSSR count). The van der Waals surface area contributed by atoms with Gasteiger partial charge >= 0.3 is 0 Å². The molecule has 0 N–H and O–H groups in total. The van der Waals surface area contributed by atoms with E-state index in [1.54, 1.807) is 0 Å². The van der Waals surface area contributed by atoms with Crippen molar-refractivity contribution in [3.05, 3.63) is 47.0 Å². The second-order valence-corrected chi connectivity index (χ2v) is 11.6. The first kappa shape index (κ1) is 24.1. The van der Waals surface area contributed by atoms with Crippen LogP contribution in [-0.2, 0) is 22.9 Å². The zero-order valence-electron chi connectivity index (χ0n) is 19.9. The average Bonchev–Trinajstić information content (AvgIpc) is 2.65. The predicted molar refractivity (Wildman–Crippen MR) is 130 cm³/mol. The van der Waals surface area contributed by atoms with Crippen LogP contribution >= 0.6 is 0 Å². The fraction of sp³-hybridized carbons (Fsp3) is 0.615. The SMILES string of the molecule is CCCN(CCC)CCCc1ccc2cc(C(C)(C)C)ccc2c1CO[Si](C)C. The van der Waals surface area contributed by atoms with Crippen molar-refractivity contribution in [3.63, 3.8) is 0 Å². The minimum atomic E-state index is -0.704. The summed E-state index contributed by atoms with van der Waals surface area (Å²) in [6.45, 7) is 20.2. The highest BCUT2D eigenvalue weighted by Gasteiger charge is 2.16. The normalized spacial score (nSPS) is 12.4. The van der Waals surface area contributed by atoms with Crippen molar-refractivity contribution in [2.75, 3.05) is 19.6 Å². The fourth-order valence-corrected chi connectivity index (χ4v) is 4.42. The molecule has 0 aliphatic rings. The van der Waals surface area contributed by atoms with Crippen LogP contribution in [0.25, 0.3) is 10.8 Å². The minimum absolute atomic E-state index is 0.175. The molecule has 0 atom stereocenters. The summed E-state index contributed by atoms with van der Waals surface area (Å²) in [5, 5.41) is 2.72. The quantitative estimate of drug-likeness (QED) is 0.370. The van der Waals surface area contributed by atoms with Gasteiger partial charge in [-0.15, -0.1) is 0 Å². The summed E-state index contributed by atoms with van der Waals surface area (Å²) >= 11 is 0. The van der Waals surface area contributed by atoms with Gasteiger partial charge in [-0.25, -0.2) is 0 Å². The van der Waals surface area contributed by atoms with Crippen molar-refractivity contribution in [3.8, 4) is 0 Å². The first-order chi connectivity index (χ1) is 13.8. The average molecular weight is 413 g/mol. The highest BCUT2D eigenvalue weighted by atomic mass is 28.3. The Morgan fingerprint density at radius 2 is 1.62 bits per heavy atom.